The molecule has 3 heterocycles. The molecule has 0 aliphatic carbocycles. The molecule has 4 aromatic rings. The van der Waals surface area contributed by atoms with Gasteiger partial charge in [0, 0.05) is 11.6 Å². The van der Waals surface area contributed by atoms with Crippen LogP contribution in [0.5, 0.6) is 5.75 Å². The van der Waals surface area contributed by atoms with Crippen molar-refractivity contribution >= 4 is 45.3 Å². The molecule has 0 fully saturated rings. The second-order valence-electron chi connectivity index (χ2n) is 8.78. The van der Waals surface area contributed by atoms with Gasteiger partial charge in [-0.3, -0.25) is 9.36 Å². The molecule has 0 spiro atoms. The summed E-state index contributed by atoms with van der Waals surface area (Å²) in [5.41, 5.74) is 1.80. The monoisotopic (exact) mass is 622 g/mol. The first-order chi connectivity index (χ1) is 19.2. The number of ether oxygens (including phenoxy) is 2. The quantitative estimate of drug-likeness (QED) is 0.301. The molecule has 9 nitrogen and oxygen atoms in total. The Morgan fingerprint density at radius 1 is 1.20 bits per heavy atom. The van der Waals surface area contributed by atoms with Crippen LogP contribution in [-0.2, 0) is 9.53 Å². The summed E-state index contributed by atoms with van der Waals surface area (Å²) >= 11 is 4.68. The molecular formula is C29H23BrN2O7S. The van der Waals surface area contributed by atoms with Crippen molar-refractivity contribution in [1.82, 2.24) is 4.57 Å². The van der Waals surface area contributed by atoms with E-state index < -0.39 is 18.0 Å². The van der Waals surface area contributed by atoms with E-state index in [1.807, 2.05) is 6.07 Å². The number of rotatable bonds is 7. The smallest absolute Gasteiger partial charge is 0.338 e. The molecule has 1 atom stereocenters. The predicted molar refractivity (Wildman–Crippen MR) is 152 cm³/mol. The molecule has 2 aromatic heterocycles. The minimum atomic E-state index is -1.04. The number of hydrogen-bond donors (Lipinski definition) is 1. The van der Waals surface area contributed by atoms with Gasteiger partial charge in [0.05, 0.1) is 45.6 Å². The molecule has 0 amide bonds. The normalized spacial score (nSPS) is 15.0. The third kappa shape index (κ3) is 5.05. The molecule has 204 valence electrons. The number of aromatic carboxylic acids is 1. The third-order valence-electron chi connectivity index (χ3n) is 6.30. The number of thiazole rings is 1. The van der Waals surface area contributed by atoms with Gasteiger partial charge in [0.2, 0.25) is 0 Å². The Morgan fingerprint density at radius 3 is 2.70 bits per heavy atom. The van der Waals surface area contributed by atoms with E-state index in [9.17, 15) is 19.5 Å². The number of halogens is 1. The van der Waals surface area contributed by atoms with Crippen molar-refractivity contribution in [2.24, 2.45) is 4.99 Å². The summed E-state index contributed by atoms with van der Waals surface area (Å²) in [5.74, 6) is -0.105. The number of carbonyl (C=O) groups is 2. The summed E-state index contributed by atoms with van der Waals surface area (Å²) in [6.45, 7) is 3.62. The van der Waals surface area contributed by atoms with Crippen molar-refractivity contribution in [3.63, 3.8) is 0 Å². The Balaban J connectivity index is 1.63. The summed E-state index contributed by atoms with van der Waals surface area (Å²) in [6.07, 6.45) is 1.61. The van der Waals surface area contributed by atoms with E-state index in [2.05, 4.69) is 20.9 Å². The minimum absolute atomic E-state index is 0.140. The lowest BCUT2D eigenvalue weighted by Gasteiger charge is -2.25. The predicted octanol–water partition coefficient (Wildman–Crippen LogP) is 4.53. The van der Waals surface area contributed by atoms with Gasteiger partial charge in [0.15, 0.2) is 4.80 Å². The van der Waals surface area contributed by atoms with Crippen LogP contribution in [0.25, 0.3) is 17.4 Å². The van der Waals surface area contributed by atoms with Crippen molar-refractivity contribution in [2.45, 2.75) is 19.9 Å². The lowest BCUT2D eigenvalue weighted by atomic mass is 9.96. The zero-order valence-corrected chi connectivity index (χ0v) is 24.0. The molecule has 1 aliphatic heterocycles. The van der Waals surface area contributed by atoms with Crippen LogP contribution in [0.3, 0.4) is 0 Å². The van der Waals surface area contributed by atoms with Crippen LogP contribution in [0, 0.1) is 0 Å². The summed E-state index contributed by atoms with van der Waals surface area (Å²) in [7, 11) is 1.56. The van der Waals surface area contributed by atoms with E-state index in [0.717, 1.165) is 0 Å². The Labute approximate surface area is 240 Å². The van der Waals surface area contributed by atoms with Gasteiger partial charge in [-0.15, -0.1) is 0 Å². The fourth-order valence-corrected chi connectivity index (χ4v) is 6.06. The van der Waals surface area contributed by atoms with Gasteiger partial charge < -0.3 is 19.0 Å². The Hall–Kier alpha value is -4.22. The number of hydrogen-bond acceptors (Lipinski definition) is 8. The maximum absolute atomic E-state index is 13.8. The number of fused-ring (bicyclic) bond motifs is 1. The maximum Gasteiger partial charge on any atom is 0.338 e. The molecule has 11 heteroatoms. The largest absolute Gasteiger partial charge is 0.496 e. The zero-order chi connectivity index (χ0) is 28.6. The lowest BCUT2D eigenvalue weighted by molar-refractivity contribution is -0.139. The Bertz CT molecular complexity index is 1870. The molecule has 0 unspecified atom stereocenters. The SMILES string of the molecule is CCOC(=O)C1=C(C)N=c2s/c(=C\c3ccc(-c4cccc(C(=O)O)c4)o3)c(=O)n2[C@@H]1c1ccc(OC)c(Br)c1. The molecule has 1 aliphatic rings. The molecule has 2 aromatic carbocycles. The molecule has 0 saturated heterocycles. The summed E-state index contributed by atoms with van der Waals surface area (Å²) in [4.78, 5) is 43.2. The first-order valence-electron chi connectivity index (χ1n) is 12.2. The molecule has 5 rings (SSSR count). The van der Waals surface area contributed by atoms with E-state index in [1.165, 1.54) is 28.0 Å². The highest BCUT2D eigenvalue weighted by Gasteiger charge is 2.33. The fraction of sp³-hybridized carbons (Fsp3) is 0.172. The maximum atomic E-state index is 13.8. The van der Waals surface area contributed by atoms with Crippen LogP contribution in [0.15, 0.2) is 84.5 Å². The highest BCUT2D eigenvalue weighted by molar-refractivity contribution is 9.10. The van der Waals surface area contributed by atoms with Crippen molar-refractivity contribution in [1.29, 1.82) is 0 Å². The van der Waals surface area contributed by atoms with Gasteiger partial charge in [0.1, 0.15) is 17.3 Å². The second kappa shape index (κ2) is 11.1. The number of furan rings is 1. The topological polar surface area (TPSA) is 120 Å². The molecule has 0 radical (unpaired) electrons. The number of nitrogens with zero attached hydrogens (tertiary/aromatic N) is 2. The Kier molecular flexibility index (Phi) is 7.59. The molecule has 0 saturated carbocycles. The number of carboxylic acid groups (broad SMARTS) is 1. The fourth-order valence-electron chi connectivity index (χ4n) is 4.48. The van der Waals surface area contributed by atoms with Gasteiger partial charge >= 0.3 is 11.9 Å². The van der Waals surface area contributed by atoms with Crippen molar-refractivity contribution in [2.75, 3.05) is 13.7 Å². The first-order valence-corrected chi connectivity index (χ1v) is 13.8. The summed E-state index contributed by atoms with van der Waals surface area (Å²) < 4.78 is 19.1. The summed E-state index contributed by atoms with van der Waals surface area (Å²) in [5, 5.41) is 9.29. The van der Waals surface area contributed by atoms with E-state index >= 15 is 0 Å². The highest BCUT2D eigenvalue weighted by Crippen LogP contribution is 2.35. The minimum Gasteiger partial charge on any atom is -0.496 e. The van der Waals surface area contributed by atoms with E-state index in [0.29, 0.717) is 47.9 Å². The highest BCUT2D eigenvalue weighted by atomic mass is 79.9. The number of carbonyl (C=O) groups excluding carboxylic acids is 1. The van der Waals surface area contributed by atoms with E-state index in [-0.39, 0.29) is 23.3 Å². The first kappa shape index (κ1) is 27.4. The Morgan fingerprint density at radius 2 is 2.00 bits per heavy atom. The number of esters is 1. The second-order valence-corrected chi connectivity index (χ2v) is 10.6. The number of aromatic nitrogens is 1. The van der Waals surface area contributed by atoms with Crippen molar-refractivity contribution < 1.29 is 28.6 Å². The summed E-state index contributed by atoms with van der Waals surface area (Å²) in [6, 6.07) is 14.4. The van der Waals surface area contributed by atoms with Crippen LogP contribution in [0.4, 0.5) is 0 Å². The number of allylic oxidation sites excluding steroid dienone is 1. The number of methoxy groups -OCH3 is 1. The van der Waals surface area contributed by atoms with Gasteiger partial charge in [-0.25, -0.2) is 14.6 Å². The van der Waals surface area contributed by atoms with Crippen LogP contribution in [0.1, 0.15) is 41.6 Å². The average Bonchev–Trinajstić information content (AvgIpc) is 3.52. The van der Waals surface area contributed by atoms with Crippen LogP contribution in [-0.4, -0.2) is 35.3 Å². The van der Waals surface area contributed by atoms with Gasteiger partial charge in [-0.05, 0) is 71.7 Å². The van der Waals surface area contributed by atoms with Crippen LogP contribution in [0.2, 0.25) is 0 Å². The number of benzene rings is 2. The molecule has 1 N–H and O–H groups in total. The number of carboxylic acids is 1. The molecular weight excluding hydrogens is 600 g/mol. The van der Waals surface area contributed by atoms with E-state index in [1.54, 1.807) is 63.4 Å². The van der Waals surface area contributed by atoms with Gasteiger partial charge in [-0.2, -0.15) is 0 Å². The van der Waals surface area contributed by atoms with Crippen molar-refractivity contribution in [3.8, 4) is 17.1 Å². The van der Waals surface area contributed by atoms with Crippen LogP contribution < -0.4 is 19.6 Å². The zero-order valence-electron chi connectivity index (χ0n) is 21.6. The molecule has 0 bridgehead atoms. The average molecular weight is 623 g/mol. The van der Waals surface area contributed by atoms with Crippen molar-refractivity contribution in [3.05, 3.63) is 107 Å². The van der Waals surface area contributed by atoms with Gasteiger partial charge in [-0.1, -0.05) is 29.5 Å². The third-order valence-corrected chi connectivity index (χ3v) is 7.91. The lowest BCUT2D eigenvalue weighted by Crippen LogP contribution is -2.39. The van der Waals surface area contributed by atoms with E-state index in [4.69, 9.17) is 13.9 Å². The molecule has 40 heavy (non-hydrogen) atoms. The standard InChI is InChI=1S/C29H23BrN2O7S/c1-4-38-28(36)24-15(2)31-29-32(25(24)17-8-10-22(37-3)20(30)13-17)26(33)23(40-29)14-19-9-11-21(39-19)16-6-5-7-18(12-16)27(34)35/h5-14,25H,4H2,1-3H3,(H,34,35)/b23-14-/t25-/m1/s1. The van der Waals surface area contributed by atoms with Crippen LogP contribution >= 0.6 is 27.3 Å². The van der Waals surface area contributed by atoms with Gasteiger partial charge in [0.25, 0.3) is 5.56 Å².